The van der Waals surface area contributed by atoms with E-state index in [1.165, 1.54) is 18.2 Å². The van der Waals surface area contributed by atoms with Gasteiger partial charge in [0, 0.05) is 29.8 Å². The lowest BCUT2D eigenvalue weighted by atomic mass is 9.74. The second-order valence-corrected chi connectivity index (χ2v) is 6.64. The van der Waals surface area contributed by atoms with Crippen LogP contribution in [0.15, 0.2) is 36.4 Å². The topological polar surface area (TPSA) is 42.2 Å². The molecule has 24 heavy (non-hydrogen) atoms. The highest BCUT2D eigenvalue weighted by atomic mass is 19.1. The van der Waals surface area contributed by atoms with E-state index in [1.807, 2.05) is 19.9 Å². The molecule has 0 aliphatic carbocycles. The molecule has 0 aromatic heterocycles. The largest absolute Gasteiger partial charge is 0.494 e. The molecular weight excluding hydrogens is 311 g/mol. The molecule has 1 aliphatic heterocycles. The standard InChI is InChI=1S/C18H16BF2NO2/c1-18(2)10-23-19(24-11-18)12-7-14(15(9-22)17(21)8-12)13-5-3-4-6-16(13)20/h3-8H,10-11H2,1-2H3. The van der Waals surface area contributed by atoms with Gasteiger partial charge in [0.25, 0.3) is 0 Å². The van der Waals surface area contributed by atoms with E-state index in [9.17, 15) is 14.0 Å². The normalized spacial score (nSPS) is 16.7. The first-order chi connectivity index (χ1) is 11.4. The Morgan fingerprint density at radius 1 is 1.04 bits per heavy atom. The molecule has 0 saturated carbocycles. The lowest BCUT2D eigenvalue weighted by Gasteiger charge is -2.33. The van der Waals surface area contributed by atoms with E-state index < -0.39 is 18.8 Å². The first-order valence-electron chi connectivity index (χ1n) is 7.63. The molecule has 1 heterocycles. The molecule has 0 amide bonds. The van der Waals surface area contributed by atoms with Crippen LogP contribution in [0.2, 0.25) is 0 Å². The van der Waals surface area contributed by atoms with E-state index in [2.05, 4.69) is 0 Å². The first kappa shape index (κ1) is 16.6. The van der Waals surface area contributed by atoms with Crippen LogP contribution in [0.1, 0.15) is 19.4 Å². The van der Waals surface area contributed by atoms with Crippen LogP contribution in [0.4, 0.5) is 8.78 Å². The van der Waals surface area contributed by atoms with Crippen molar-refractivity contribution in [2.45, 2.75) is 13.8 Å². The Morgan fingerprint density at radius 3 is 2.33 bits per heavy atom. The minimum Gasteiger partial charge on any atom is -0.407 e. The summed E-state index contributed by atoms with van der Waals surface area (Å²) in [6.07, 6.45) is 0. The van der Waals surface area contributed by atoms with Gasteiger partial charge in [-0.3, -0.25) is 0 Å². The molecule has 2 aromatic rings. The average Bonchev–Trinajstić information content (AvgIpc) is 2.54. The van der Waals surface area contributed by atoms with Crippen LogP contribution < -0.4 is 5.46 Å². The van der Waals surface area contributed by atoms with E-state index in [0.717, 1.165) is 0 Å². The molecule has 1 fully saturated rings. The summed E-state index contributed by atoms with van der Waals surface area (Å²) in [6, 6.07) is 10.6. The van der Waals surface area contributed by atoms with Gasteiger partial charge in [-0.2, -0.15) is 5.26 Å². The van der Waals surface area contributed by atoms with Crippen molar-refractivity contribution in [3.8, 4) is 17.2 Å². The summed E-state index contributed by atoms with van der Waals surface area (Å²) >= 11 is 0. The Morgan fingerprint density at radius 2 is 1.71 bits per heavy atom. The molecule has 0 spiro atoms. The van der Waals surface area contributed by atoms with Crippen molar-refractivity contribution in [3.05, 3.63) is 53.6 Å². The van der Waals surface area contributed by atoms with Gasteiger partial charge in [-0.05, 0) is 17.6 Å². The Hall–Kier alpha value is -2.23. The molecular formula is C18H16BF2NO2. The number of rotatable bonds is 2. The lowest BCUT2D eigenvalue weighted by molar-refractivity contribution is 0.0343. The van der Waals surface area contributed by atoms with E-state index in [1.54, 1.807) is 18.2 Å². The monoisotopic (exact) mass is 327 g/mol. The van der Waals surface area contributed by atoms with Crippen LogP contribution in [0.25, 0.3) is 11.1 Å². The molecule has 2 aromatic carbocycles. The second-order valence-electron chi connectivity index (χ2n) is 6.64. The van der Waals surface area contributed by atoms with Crippen molar-refractivity contribution < 1.29 is 18.1 Å². The van der Waals surface area contributed by atoms with Gasteiger partial charge in [0.15, 0.2) is 0 Å². The van der Waals surface area contributed by atoms with Gasteiger partial charge >= 0.3 is 7.12 Å². The van der Waals surface area contributed by atoms with Crippen LogP contribution in [-0.2, 0) is 9.31 Å². The minimum atomic E-state index is -0.731. The summed E-state index contributed by atoms with van der Waals surface area (Å²) in [5.41, 5.74) is 0.490. The zero-order valence-corrected chi connectivity index (χ0v) is 13.5. The number of halogens is 2. The number of benzene rings is 2. The summed E-state index contributed by atoms with van der Waals surface area (Å²) in [4.78, 5) is 0. The van der Waals surface area contributed by atoms with Gasteiger partial charge in [-0.25, -0.2) is 8.78 Å². The Labute approximate surface area is 140 Å². The molecule has 122 valence electrons. The van der Waals surface area contributed by atoms with E-state index >= 15 is 0 Å². The molecule has 1 saturated heterocycles. The fraction of sp³-hybridized carbons (Fsp3) is 0.278. The first-order valence-corrected chi connectivity index (χ1v) is 7.63. The Bertz CT molecular complexity index is 807. The molecule has 0 bridgehead atoms. The van der Waals surface area contributed by atoms with Gasteiger partial charge in [0.05, 0.1) is 5.56 Å². The zero-order valence-electron chi connectivity index (χ0n) is 13.5. The van der Waals surface area contributed by atoms with E-state index in [-0.39, 0.29) is 22.1 Å². The zero-order chi connectivity index (χ0) is 17.3. The fourth-order valence-electron chi connectivity index (χ4n) is 2.65. The van der Waals surface area contributed by atoms with E-state index in [0.29, 0.717) is 18.7 Å². The Kier molecular flexibility index (Phi) is 4.40. The highest BCUT2D eigenvalue weighted by Gasteiger charge is 2.34. The van der Waals surface area contributed by atoms with Crippen molar-refractivity contribution in [2.75, 3.05) is 13.2 Å². The number of nitriles is 1. The van der Waals surface area contributed by atoms with Crippen molar-refractivity contribution in [1.29, 1.82) is 5.26 Å². The molecule has 1 aliphatic rings. The fourth-order valence-corrected chi connectivity index (χ4v) is 2.65. The van der Waals surface area contributed by atoms with E-state index in [4.69, 9.17) is 9.31 Å². The van der Waals surface area contributed by atoms with Gasteiger partial charge in [-0.15, -0.1) is 0 Å². The van der Waals surface area contributed by atoms with Crippen molar-refractivity contribution in [2.24, 2.45) is 5.41 Å². The van der Waals surface area contributed by atoms with Crippen LogP contribution in [0.5, 0.6) is 0 Å². The summed E-state index contributed by atoms with van der Waals surface area (Å²) < 4.78 is 39.8. The second kappa shape index (κ2) is 6.35. The highest BCUT2D eigenvalue weighted by Crippen LogP contribution is 2.28. The van der Waals surface area contributed by atoms with Crippen molar-refractivity contribution >= 4 is 12.6 Å². The SMILES string of the molecule is CC1(C)COB(c2cc(F)c(C#N)c(-c3ccccc3F)c2)OC1. The van der Waals surface area contributed by atoms with Gasteiger partial charge in [0.1, 0.15) is 17.7 Å². The third kappa shape index (κ3) is 3.19. The number of hydrogen-bond acceptors (Lipinski definition) is 3. The maximum Gasteiger partial charge on any atom is 0.494 e. The predicted octanol–water partition coefficient (Wildman–Crippen LogP) is 3.27. The number of nitrogens with zero attached hydrogens (tertiary/aromatic N) is 1. The summed E-state index contributed by atoms with van der Waals surface area (Å²) in [5.74, 6) is -1.23. The summed E-state index contributed by atoms with van der Waals surface area (Å²) in [6.45, 7) is 4.95. The summed E-state index contributed by atoms with van der Waals surface area (Å²) in [5, 5.41) is 9.25. The molecule has 0 radical (unpaired) electrons. The highest BCUT2D eigenvalue weighted by molar-refractivity contribution is 6.61. The molecule has 0 atom stereocenters. The van der Waals surface area contributed by atoms with Gasteiger partial charge in [-0.1, -0.05) is 38.1 Å². The average molecular weight is 327 g/mol. The molecule has 0 N–H and O–H groups in total. The van der Waals surface area contributed by atoms with Gasteiger partial charge in [0.2, 0.25) is 0 Å². The number of hydrogen-bond donors (Lipinski definition) is 0. The molecule has 3 nitrogen and oxygen atoms in total. The predicted molar refractivity (Wildman–Crippen MR) is 87.6 cm³/mol. The van der Waals surface area contributed by atoms with Crippen LogP contribution in [0, 0.1) is 28.4 Å². The van der Waals surface area contributed by atoms with Crippen LogP contribution >= 0.6 is 0 Å². The molecule has 3 rings (SSSR count). The van der Waals surface area contributed by atoms with Gasteiger partial charge < -0.3 is 9.31 Å². The maximum absolute atomic E-state index is 14.4. The lowest BCUT2D eigenvalue weighted by Crippen LogP contribution is -2.47. The molecule has 6 heteroatoms. The smallest absolute Gasteiger partial charge is 0.407 e. The minimum absolute atomic E-state index is 0.115. The third-order valence-corrected chi connectivity index (χ3v) is 3.91. The third-order valence-electron chi connectivity index (χ3n) is 3.91. The van der Waals surface area contributed by atoms with Crippen molar-refractivity contribution in [3.63, 3.8) is 0 Å². The van der Waals surface area contributed by atoms with Crippen LogP contribution in [-0.4, -0.2) is 20.3 Å². The van der Waals surface area contributed by atoms with Crippen LogP contribution in [0.3, 0.4) is 0 Å². The molecule has 0 unspecified atom stereocenters. The maximum atomic E-state index is 14.4. The quantitative estimate of drug-likeness (QED) is 0.795. The van der Waals surface area contributed by atoms with Crippen molar-refractivity contribution in [1.82, 2.24) is 0 Å². The summed E-state index contributed by atoms with van der Waals surface area (Å²) in [7, 11) is -0.731. The Balaban J connectivity index is 2.05.